The number of piperidine rings is 1. The number of carbonyl (C=O) groups is 1. The lowest BCUT2D eigenvalue weighted by Crippen LogP contribution is -2.42. The molecular formula is C15H21ClN2O3S. The summed E-state index contributed by atoms with van der Waals surface area (Å²) in [7, 11) is -3.16. The standard InChI is InChI=1S/C15H21ClN2O3S/c1-3-22(20,21)18-8-6-12(7-9-18)15(19)17-14-5-4-11(2)10-13(14)16/h4-5,10,12H,3,6-9H2,1-2H3,(H,17,19). The van der Waals surface area contributed by atoms with E-state index in [-0.39, 0.29) is 17.6 Å². The minimum atomic E-state index is -3.16. The molecule has 0 radical (unpaired) electrons. The van der Waals surface area contributed by atoms with Gasteiger partial charge >= 0.3 is 0 Å². The number of hydrogen-bond donors (Lipinski definition) is 1. The quantitative estimate of drug-likeness (QED) is 0.913. The zero-order valence-corrected chi connectivity index (χ0v) is 14.4. The van der Waals surface area contributed by atoms with E-state index in [1.165, 1.54) is 4.31 Å². The number of halogens is 1. The molecule has 22 heavy (non-hydrogen) atoms. The molecule has 0 spiro atoms. The number of carbonyl (C=O) groups excluding carboxylic acids is 1. The molecule has 5 nitrogen and oxygen atoms in total. The molecule has 0 aromatic heterocycles. The van der Waals surface area contributed by atoms with Gasteiger partial charge in [0.2, 0.25) is 15.9 Å². The third-order valence-electron chi connectivity index (χ3n) is 3.97. The van der Waals surface area contributed by atoms with Crippen LogP contribution in [-0.4, -0.2) is 37.5 Å². The van der Waals surface area contributed by atoms with Crippen LogP contribution in [0.2, 0.25) is 5.02 Å². The Labute approximate surface area is 136 Å². The molecule has 1 N–H and O–H groups in total. The Kier molecular flexibility index (Phi) is 5.47. The lowest BCUT2D eigenvalue weighted by molar-refractivity contribution is -0.120. The Hall–Kier alpha value is -1.11. The predicted molar refractivity (Wildman–Crippen MR) is 88.6 cm³/mol. The molecule has 1 amide bonds. The highest BCUT2D eigenvalue weighted by atomic mass is 35.5. The minimum absolute atomic E-state index is 0.0979. The van der Waals surface area contributed by atoms with Gasteiger partial charge in [0.05, 0.1) is 16.5 Å². The van der Waals surface area contributed by atoms with E-state index >= 15 is 0 Å². The molecule has 0 saturated carbocycles. The molecule has 1 aliphatic rings. The Morgan fingerprint density at radius 2 is 2.00 bits per heavy atom. The zero-order chi connectivity index (χ0) is 16.3. The maximum atomic E-state index is 12.3. The fraction of sp³-hybridized carbons (Fsp3) is 0.533. The highest BCUT2D eigenvalue weighted by Crippen LogP contribution is 2.26. The second kappa shape index (κ2) is 6.98. The predicted octanol–water partition coefficient (Wildman–Crippen LogP) is 2.65. The maximum absolute atomic E-state index is 12.3. The zero-order valence-electron chi connectivity index (χ0n) is 12.8. The number of hydrogen-bond acceptors (Lipinski definition) is 3. The number of benzene rings is 1. The van der Waals surface area contributed by atoms with Gasteiger partial charge in [0.1, 0.15) is 0 Å². The van der Waals surface area contributed by atoms with Crippen molar-refractivity contribution in [3.8, 4) is 0 Å². The monoisotopic (exact) mass is 344 g/mol. The molecule has 0 atom stereocenters. The smallest absolute Gasteiger partial charge is 0.227 e. The highest BCUT2D eigenvalue weighted by molar-refractivity contribution is 7.89. The molecule has 1 saturated heterocycles. The van der Waals surface area contributed by atoms with Crippen molar-refractivity contribution in [1.82, 2.24) is 4.31 Å². The number of nitrogens with zero attached hydrogens (tertiary/aromatic N) is 1. The molecular weight excluding hydrogens is 324 g/mol. The van der Waals surface area contributed by atoms with E-state index < -0.39 is 10.0 Å². The van der Waals surface area contributed by atoms with E-state index in [1.54, 1.807) is 19.1 Å². The minimum Gasteiger partial charge on any atom is -0.325 e. The van der Waals surface area contributed by atoms with E-state index in [4.69, 9.17) is 11.6 Å². The van der Waals surface area contributed by atoms with Crippen molar-refractivity contribution >= 4 is 33.2 Å². The highest BCUT2D eigenvalue weighted by Gasteiger charge is 2.30. The summed E-state index contributed by atoms with van der Waals surface area (Å²) in [6.45, 7) is 4.36. The van der Waals surface area contributed by atoms with Crippen molar-refractivity contribution < 1.29 is 13.2 Å². The molecule has 7 heteroatoms. The van der Waals surface area contributed by atoms with E-state index in [1.807, 2.05) is 13.0 Å². The van der Waals surface area contributed by atoms with E-state index in [9.17, 15) is 13.2 Å². The number of aryl methyl sites for hydroxylation is 1. The van der Waals surface area contributed by atoms with Gasteiger partial charge in [-0.05, 0) is 44.4 Å². The third kappa shape index (κ3) is 4.00. The number of sulfonamides is 1. The van der Waals surface area contributed by atoms with E-state index in [0.717, 1.165) is 5.56 Å². The summed E-state index contributed by atoms with van der Waals surface area (Å²) in [5.74, 6) is -0.178. The Bertz CT molecular complexity index is 653. The molecule has 1 aromatic rings. The van der Waals surface area contributed by atoms with Crippen LogP contribution < -0.4 is 5.32 Å². The van der Waals surface area contributed by atoms with Crippen LogP contribution in [0.4, 0.5) is 5.69 Å². The van der Waals surface area contributed by atoms with Crippen LogP contribution in [0.5, 0.6) is 0 Å². The van der Waals surface area contributed by atoms with Gasteiger partial charge in [0.15, 0.2) is 0 Å². The Morgan fingerprint density at radius 3 is 2.55 bits per heavy atom. The summed E-state index contributed by atoms with van der Waals surface area (Å²) in [5.41, 5.74) is 1.63. The van der Waals surface area contributed by atoms with Gasteiger partial charge in [-0.1, -0.05) is 17.7 Å². The molecule has 2 rings (SSSR count). The molecule has 1 heterocycles. The average molecular weight is 345 g/mol. The summed E-state index contributed by atoms with van der Waals surface area (Å²) in [5, 5.41) is 3.35. The first-order valence-electron chi connectivity index (χ1n) is 7.38. The van der Waals surface area contributed by atoms with Crippen molar-refractivity contribution in [2.75, 3.05) is 24.2 Å². The fourth-order valence-electron chi connectivity index (χ4n) is 2.54. The summed E-state index contributed by atoms with van der Waals surface area (Å²) < 4.78 is 25.1. The van der Waals surface area contributed by atoms with Gasteiger partial charge in [0, 0.05) is 19.0 Å². The van der Waals surface area contributed by atoms with Crippen molar-refractivity contribution in [3.63, 3.8) is 0 Å². The van der Waals surface area contributed by atoms with Gasteiger partial charge in [0.25, 0.3) is 0 Å². The second-order valence-electron chi connectivity index (χ2n) is 5.55. The third-order valence-corrected chi connectivity index (χ3v) is 6.16. The van der Waals surface area contributed by atoms with Gasteiger partial charge in [-0.3, -0.25) is 4.79 Å². The Morgan fingerprint density at radius 1 is 1.36 bits per heavy atom. The first-order chi connectivity index (χ1) is 10.3. The number of nitrogens with one attached hydrogen (secondary N) is 1. The fourth-order valence-corrected chi connectivity index (χ4v) is 3.95. The number of anilines is 1. The first kappa shape index (κ1) is 17.2. The van der Waals surface area contributed by atoms with Crippen LogP contribution in [0.3, 0.4) is 0 Å². The lowest BCUT2D eigenvalue weighted by Gasteiger charge is -2.30. The number of rotatable bonds is 4. The molecule has 0 bridgehead atoms. The Balaban J connectivity index is 1.95. The summed E-state index contributed by atoms with van der Waals surface area (Å²) in [4.78, 5) is 12.3. The first-order valence-corrected chi connectivity index (χ1v) is 9.37. The number of amides is 1. The van der Waals surface area contributed by atoms with Gasteiger partial charge in [-0.2, -0.15) is 0 Å². The van der Waals surface area contributed by atoms with Gasteiger partial charge < -0.3 is 5.32 Å². The van der Waals surface area contributed by atoms with Crippen molar-refractivity contribution in [1.29, 1.82) is 0 Å². The van der Waals surface area contributed by atoms with Crippen LogP contribution in [-0.2, 0) is 14.8 Å². The van der Waals surface area contributed by atoms with E-state index in [0.29, 0.717) is 36.6 Å². The van der Waals surface area contributed by atoms with Crippen LogP contribution >= 0.6 is 11.6 Å². The topological polar surface area (TPSA) is 66.5 Å². The van der Waals surface area contributed by atoms with Crippen molar-refractivity contribution in [3.05, 3.63) is 28.8 Å². The molecule has 122 valence electrons. The normalized spacial score (nSPS) is 17.4. The molecule has 1 aromatic carbocycles. The molecule has 1 fully saturated rings. The average Bonchev–Trinajstić information content (AvgIpc) is 2.50. The lowest BCUT2D eigenvalue weighted by atomic mass is 9.97. The van der Waals surface area contributed by atoms with Crippen molar-refractivity contribution in [2.45, 2.75) is 26.7 Å². The van der Waals surface area contributed by atoms with Crippen molar-refractivity contribution in [2.24, 2.45) is 5.92 Å². The molecule has 0 unspecified atom stereocenters. The van der Waals surface area contributed by atoms with E-state index in [2.05, 4.69) is 5.32 Å². The maximum Gasteiger partial charge on any atom is 0.227 e. The summed E-state index contributed by atoms with van der Waals surface area (Å²) >= 11 is 6.11. The van der Waals surface area contributed by atoms with Gasteiger partial charge in [-0.15, -0.1) is 0 Å². The summed E-state index contributed by atoms with van der Waals surface area (Å²) in [6.07, 6.45) is 1.07. The SMILES string of the molecule is CCS(=O)(=O)N1CCC(C(=O)Nc2ccc(C)cc2Cl)CC1. The molecule has 0 aliphatic carbocycles. The second-order valence-corrected chi connectivity index (χ2v) is 8.21. The largest absolute Gasteiger partial charge is 0.325 e. The van der Waals surface area contributed by atoms with Crippen LogP contribution in [0.25, 0.3) is 0 Å². The van der Waals surface area contributed by atoms with Crippen LogP contribution in [0, 0.1) is 12.8 Å². The summed E-state index contributed by atoms with van der Waals surface area (Å²) in [6, 6.07) is 5.47. The molecule has 1 aliphatic heterocycles. The van der Waals surface area contributed by atoms with Crippen LogP contribution in [0.15, 0.2) is 18.2 Å². The van der Waals surface area contributed by atoms with Crippen LogP contribution in [0.1, 0.15) is 25.3 Å². The van der Waals surface area contributed by atoms with Gasteiger partial charge in [-0.25, -0.2) is 12.7 Å².